The lowest BCUT2D eigenvalue weighted by molar-refractivity contribution is -0.121. The van der Waals surface area contributed by atoms with Gasteiger partial charge >= 0.3 is 0 Å². The first-order valence-electron chi connectivity index (χ1n) is 5.75. The van der Waals surface area contributed by atoms with Crippen LogP contribution in [0.25, 0.3) is 0 Å². The average molecular weight is 261 g/mol. The van der Waals surface area contributed by atoms with Gasteiger partial charge in [0.2, 0.25) is 5.91 Å². The van der Waals surface area contributed by atoms with Crippen LogP contribution in [-0.2, 0) is 24.9 Å². The Bertz CT molecular complexity index is 644. The number of nitrogen functional groups attached to an aromatic ring is 1. The third-order valence-corrected chi connectivity index (χ3v) is 2.68. The van der Waals surface area contributed by atoms with Gasteiger partial charge in [0.1, 0.15) is 12.4 Å². The summed E-state index contributed by atoms with van der Waals surface area (Å²) in [5.41, 5.74) is 5.75. The highest BCUT2D eigenvalue weighted by atomic mass is 16.2. The van der Waals surface area contributed by atoms with E-state index in [-0.39, 0.29) is 18.0 Å². The molecule has 2 rings (SSSR count). The van der Waals surface area contributed by atoms with Crippen LogP contribution in [0.4, 0.5) is 5.69 Å². The van der Waals surface area contributed by atoms with Crippen LogP contribution in [0.1, 0.15) is 5.82 Å². The Hall–Kier alpha value is -2.57. The van der Waals surface area contributed by atoms with Crippen molar-refractivity contribution in [3.05, 3.63) is 46.9 Å². The van der Waals surface area contributed by atoms with E-state index in [1.165, 1.54) is 22.9 Å². The van der Waals surface area contributed by atoms with Crippen molar-refractivity contribution in [3.8, 4) is 0 Å². The maximum Gasteiger partial charge on any atom is 0.251 e. The Balaban J connectivity index is 1.96. The summed E-state index contributed by atoms with van der Waals surface area (Å²) in [6.45, 7) is 0.258. The van der Waals surface area contributed by atoms with Crippen molar-refractivity contribution in [2.75, 3.05) is 5.73 Å². The van der Waals surface area contributed by atoms with E-state index in [1.807, 2.05) is 11.6 Å². The predicted molar refractivity (Wildman–Crippen MR) is 70.2 cm³/mol. The summed E-state index contributed by atoms with van der Waals surface area (Å²) in [7, 11) is 1.84. The van der Waals surface area contributed by atoms with Gasteiger partial charge in [0.25, 0.3) is 5.56 Å². The number of pyridine rings is 1. The Morgan fingerprint density at radius 2 is 2.26 bits per heavy atom. The zero-order chi connectivity index (χ0) is 13.8. The molecular weight excluding hydrogens is 246 g/mol. The number of anilines is 1. The quantitative estimate of drug-likeness (QED) is 0.774. The van der Waals surface area contributed by atoms with Gasteiger partial charge in [-0.1, -0.05) is 0 Å². The molecule has 2 aromatic rings. The SMILES string of the molecule is Cn1ccnc1CNC(=O)Cn1cc(N)ccc1=O. The van der Waals surface area contributed by atoms with E-state index in [4.69, 9.17) is 5.73 Å². The van der Waals surface area contributed by atoms with Crippen molar-refractivity contribution >= 4 is 11.6 Å². The van der Waals surface area contributed by atoms with Crippen LogP contribution in [0.5, 0.6) is 0 Å². The molecule has 100 valence electrons. The molecule has 1 amide bonds. The third kappa shape index (κ3) is 3.21. The number of nitrogens with zero attached hydrogens (tertiary/aromatic N) is 3. The second kappa shape index (κ2) is 5.38. The molecule has 0 aliphatic heterocycles. The molecule has 0 unspecified atom stereocenters. The lowest BCUT2D eigenvalue weighted by Gasteiger charge is -2.07. The maximum absolute atomic E-state index is 11.7. The lowest BCUT2D eigenvalue weighted by atomic mass is 10.4. The fourth-order valence-electron chi connectivity index (χ4n) is 1.63. The summed E-state index contributed by atoms with van der Waals surface area (Å²) in [6.07, 6.45) is 4.90. The van der Waals surface area contributed by atoms with Crippen molar-refractivity contribution < 1.29 is 4.79 Å². The smallest absolute Gasteiger partial charge is 0.251 e. The molecule has 7 heteroatoms. The summed E-state index contributed by atoms with van der Waals surface area (Å²) in [5.74, 6) is 0.476. The summed E-state index contributed by atoms with van der Waals surface area (Å²) in [5, 5.41) is 2.70. The summed E-state index contributed by atoms with van der Waals surface area (Å²) >= 11 is 0. The van der Waals surface area contributed by atoms with E-state index < -0.39 is 0 Å². The number of carbonyl (C=O) groups excluding carboxylic acids is 1. The van der Waals surface area contributed by atoms with Crippen molar-refractivity contribution in [2.24, 2.45) is 7.05 Å². The van der Waals surface area contributed by atoms with Gasteiger partial charge in [-0.25, -0.2) is 4.98 Å². The standard InChI is InChI=1S/C12H15N5O2/c1-16-5-4-14-10(16)6-15-11(18)8-17-7-9(13)2-3-12(17)19/h2-5,7H,6,8,13H2,1H3,(H,15,18). The Morgan fingerprint density at radius 1 is 1.47 bits per heavy atom. The number of carbonyl (C=O) groups is 1. The Kier molecular flexibility index (Phi) is 3.65. The van der Waals surface area contributed by atoms with Crippen molar-refractivity contribution in [1.29, 1.82) is 0 Å². The van der Waals surface area contributed by atoms with Crippen LogP contribution < -0.4 is 16.6 Å². The molecule has 0 spiro atoms. The molecule has 0 saturated heterocycles. The van der Waals surface area contributed by atoms with Gasteiger partial charge in [-0.05, 0) is 6.07 Å². The van der Waals surface area contributed by atoms with Crippen molar-refractivity contribution in [2.45, 2.75) is 13.1 Å². The van der Waals surface area contributed by atoms with Gasteiger partial charge in [-0.2, -0.15) is 0 Å². The Morgan fingerprint density at radius 3 is 2.95 bits per heavy atom. The Labute approximate surface area is 109 Å². The van der Waals surface area contributed by atoms with Crippen molar-refractivity contribution in [3.63, 3.8) is 0 Å². The minimum atomic E-state index is -0.268. The third-order valence-electron chi connectivity index (χ3n) is 2.68. The highest BCUT2D eigenvalue weighted by Crippen LogP contribution is 1.96. The molecule has 2 heterocycles. The fourth-order valence-corrected chi connectivity index (χ4v) is 1.63. The number of aryl methyl sites for hydroxylation is 1. The lowest BCUT2D eigenvalue weighted by Crippen LogP contribution is -2.32. The van der Waals surface area contributed by atoms with Gasteiger partial charge in [0, 0.05) is 37.4 Å². The summed E-state index contributed by atoms with van der Waals surface area (Å²) < 4.78 is 3.08. The number of nitrogens with one attached hydrogen (secondary N) is 1. The molecule has 3 N–H and O–H groups in total. The molecule has 0 atom stereocenters. The number of hydrogen-bond donors (Lipinski definition) is 2. The van der Waals surface area contributed by atoms with E-state index in [0.717, 1.165) is 5.82 Å². The first kappa shape index (κ1) is 12.9. The maximum atomic E-state index is 11.7. The zero-order valence-corrected chi connectivity index (χ0v) is 10.5. The number of imidazole rings is 1. The molecule has 0 saturated carbocycles. The second-order valence-electron chi connectivity index (χ2n) is 4.16. The van der Waals surface area contributed by atoms with E-state index in [9.17, 15) is 9.59 Å². The van der Waals surface area contributed by atoms with Gasteiger partial charge in [0.15, 0.2) is 0 Å². The second-order valence-corrected chi connectivity index (χ2v) is 4.16. The van der Waals surface area contributed by atoms with Crippen LogP contribution >= 0.6 is 0 Å². The van der Waals surface area contributed by atoms with Gasteiger partial charge in [-0.3, -0.25) is 9.59 Å². The van der Waals surface area contributed by atoms with E-state index in [1.54, 1.807) is 12.4 Å². The topological polar surface area (TPSA) is 94.9 Å². The largest absolute Gasteiger partial charge is 0.398 e. The fraction of sp³-hybridized carbons (Fsp3) is 0.250. The molecule has 0 fully saturated rings. The average Bonchev–Trinajstić information content (AvgIpc) is 2.77. The molecule has 0 aliphatic rings. The number of hydrogen-bond acceptors (Lipinski definition) is 4. The van der Waals surface area contributed by atoms with E-state index >= 15 is 0 Å². The zero-order valence-electron chi connectivity index (χ0n) is 10.5. The van der Waals surface area contributed by atoms with Crippen LogP contribution in [-0.4, -0.2) is 20.0 Å². The normalized spacial score (nSPS) is 10.4. The van der Waals surface area contributed by atoms with E-state index in [2.05, 4.69) is 10.3 Å². The number of aromatic nitrogens is 3. The molecule has 0 aromatic carbocycles. The number of rotatable bonds is 4. The highest BCUT2D eigenvalue weighted by molar-refractivity contribution is 5.75. The molecule has 0 bridgehead atoms. The molecule has 7 nitrogen and oxygen atoms in total. The molecule has 0 radical (unpaired) electrons. The first-order valence-corrected chi connectivity index (χ1v) is 5.75. The molecule has 2 aromatic heterocycles. The van der Waals surface area contributed by atoms with Crippen LogP contribution in [0.15, 0.2) is 35.5 Å². The molecule has 0 aliphatic carbocycles. The van der Waals surface area contributed by atoms with Gasteiger partial charge in [0.05, 0.1) is 6.54 Å². The monoisotopic (exact) mass is 261 g/mol. The van der Waals surface area contributed by atoms with Crippen LogP contribution in [0.3, 0.4) is 0 Å². The minimum Gasteiger partial charge on any atom is -0.398 e. The first-order chi connectivity index (χ1) is 9.06. The molecular formula is C12H15N5O2. The predicted octanol–water partition coefficient (Wildman–Crippen LogP) is -0.520. The van der Waals surface area contributed by atoms with Crippen molar-refractivity contribution in [1.82, 2.24) is 19.4 Å². The van der Waals surface area contributed by atoms with Crippen LogP contribution in [0, 0.1) is 0 Å². The highest BCUT2D eigenvalue weighted by Gasteiger charge is 2.06. The number of amides is 1. The summed E-state index contributed by atoms with van der Waals surface area (Å²) in [4.78, 5) is 27.3. The molecule has 19 heavy (non-hydrogen) atoms. The summed E-state index contributed by atoms with van der Waals surface area (Å²) in [6, 6.07) is 2.84. The van der Waals surface area contributed by atoms with Gasteiger partial charge < -0.3 is 20.2 Å². The van der Waals surface area contributed by atoms with Gasteiger partial charge in [-0.15, -0.1) is 0 Å². The number of nitrogens with two attached hydrogens (primary N) is 1. The van der Waals surface area contributed by atoms with Crippen LogP contribution in [0.2, 0.25) is 0 Å². The minimum absolute atomic E-state index is 0.0612. The van der Waals surface area contributed by atoms with E-state index in [0.29, 0.717) is 12.2 Å².